The van der Waals surface area contributed by atoms with Crippen molar-refractivity contribution >= 4 is 54.3 Å². The highest BCUT2D eigenvalue weighted by Gasteiger charge is 2.37. The summed E-state index contributed by atoms with van der Waals surface area (Å²) in [6.07, 6.45) is 4.50. The lowest BCUT2D eigenvalue weighted by atomic mass is 10.2. The number of carbonyl (C=O) groups is 1. The van der Waals surface area contributed by atoms with Gasteiger partial charge in [0.2, 0.25) is 12.0 Å². The lowest BCUT2D eigenvalue weighted by Gasteiger charge is -2.37. The number of nitrogens with one attached hydrogen (secondary N) is 1. The maximum absolute atomic E-state index is 13.4. The van der Waals surface area contributed by atoms with Gasteiger partial charge in [0, 0.05) is 12.4 Å². The Balaban J connectivity index is 1.55. The average molecular weight is 619 g/mol. The van der Waals surface area contributed by atoms with E-state index < -0.39 is 20.3 Å². The Morgan fingerprint density at radius 3 is 2.54 bits per heavy atom. The molecule has 4 rings (SSSR count). The highest BCUT2D eigenvalue weighted by molar-refractivity contribution is 6.74. The molecular weight excluding hydrogens is 585 g/mol. The Morgan fingerprint density at radius 1 is 1.07 bits per heavy atom. The number of hydrogen-bond acceptors (Lipinski definition) is 9. The van der Waals surface area contributed by atoms with Crippen LogP contribution in [-0.4, -0.2) is 69.4 Å². The molecule has 0 spiro atoms. The lowest BCUT2D eigenvalue weighted by molar-refractivity contribution is -0.127. The van der Waals surface area contributed by atoms with E-state index in [9.17, 15) is 4.79 Å². The van der Waals surface area contributed by atoms with Gasteiger partial charge in [0.1, 0.15) is 17.5 Å². The molecule has 14 heteroatoms. The Labute approximate surface area is 249 Å². The van der Waals surface area contributed by atoms with Crippen LogP contribution in [0.4, 0.5) is 5.82 Å². The number of amides is 1. The second-order valence-corrected chi connectivity index (χ2v) is 16.6. The maximum atomic E-state index is 13.4. The molecule has 4 heterocycles. The van der Waals surface area contributed by atoms with E-state index in [0.717, 1.165) is 0 Å². The minimum atomic E-state index is -1.97. The molecule has 218 valence electrons. The van der Waals surface area contributed by atoms with Crippen LogP contribution < -0.4 is 10.1 Å². The number of carbonyl (C=O) groups excluding carboxylic acids is 1. The summed E-state index contributed by atoms with van der Waals surface area (Å²) in [5.74, 6) is 0.374. The summed E-state index contributed by atoms with van der Waals surface area (Å²) >= 11 is 12.3. The van der Waals surface area contributed by atoms with Crippen LogP contribution in [0.3, 0.4) is 0 Å². The molecule has 0 fully saturated rings. The number of pyridine rings is 2. The van der Waals surface area contributed by atoms with Gasteiger partial charge in [0.05, 0.1) is 35.6 Å². The summed E-state index contributed by atoms with van der Waals surface area (Å²) in [7, 11) is -1.97. The van der Waals surface area contributed by atoms with E-state index in [1.54, 1.807) is 30.5 Å². The molecule has 41 heavy (non-hydrogen) atoms. The van der Waals surface area contributed by atoms with Crippen LogP contribution in [0.1, 0.15) is 27.7 Å². The van der Waals surface area contributed by atoms with Crippen molar-refractivity contribution in [2.75, 3.05) is 18.5 Å². The summed E-state index contributed by atoms with van der Waals surface area (Å²) in [5.41, 5.74) is 0.409. The van der Waals surface area contributed by atoms with Crippen molar-refractivity contribution in [1.82, 2.24) is 29.7 Å². The van der Waals surface area contributed by atoms with Crippen molar-refractivity contribution in [2.45, 2.75) is 58.0 Å². The third-order valence-corrected chi connectivity index (χ3v) is 11.8. The highest BCUT2D eigenvalue weighted by Crippen LogP contribution is 2.36. The summed E-state index contributed by atoms with van der Waals surface area (Å²) in [6.45, 7) is 13.1. The Kier molecular flexibility index (Phi) is 9.60. The number of hydrogen-bond donors (Lipinski definition) is 1. The quantitative estimate of drug-likeness (QED) is 0.210. The van der Waals surface area contributed by atoms with Crippen LogP contribution in [-0.2, 0) is 14.0 Å². The number of fused-ring (bicyclic) bond motifs is 1. The largest absolute Gasteiger partial charge is 0.461 e. The summed E-state index contributed by atoms with van der Waals surface area (Å²) in [4.78, 5) is 30.4. The number of aromatic nitrogens is 6. The molecule has 0 bridgehead atoms. The molecule has 11 nitrogen and oxygen atoms in total. The van der Waals surface area contributed by atoms with Gasteiger partial charge in [-0.25, -0.2) is 19.9 Å². The predicted octanol–water partition coefficient (Wildman–Crippen LogP) is 5.73. The van der Waals surface area contributed by atoms with Crippen LogP contribution >= 0.6 is 23.2 Å². The Bertz CT molecular complexity index is 1500. The molecule has 0 saturated heterocycles. The van der Waals surface area contributed by atoms with Crippen molar-refractivity contribution < 1.29 is 18.7 Å². The van der Waals surface area contributed by atoms with Gasteiger partial charge in [-0.3, -0.25) is 4.79 Å². The van der Waals surface area contributed by atoms with Crippen molar-refractivity contribution in [1.29, 1.82) is 0 Å². The monoisotopic (exact) mass is 617 g/mol. The fourth-order valence-electron chi connectivity index (χ4n) is 3.40. The number of ether oxygens (including phenoxy) is 2. The predicted molar refractivity (Wildman–Crippen MR) is 160 cm³/mol. The van der Waals surface area contributed by atoms with E-state index in [1.807, 2.05) is 6.92 Å². The average Bonchev–Trinajstić information content (AvgIpc) is 3.35. The van der Waals surface area contributed by atoms with E-state index >= 15 is 0 Å². The fourth-order valence-corrected chi connectivity index (χ4v) is 4.80. The normalized spacial score (nSPS) is 13.7. The Morgan fingerprint density at radius 2 is 1.85 bits per heavy atom. The molecule has 0 radical (unpaired) electrons. The summed E-state index contributed by atoms with van der Waals surface area (Å²) in [6, 6.07) is 6.64. The molecule has 4 aromatic rings. The van der Waals surface area contributed by atoms with E-state index in [4.69, 9.17) is 37.1 Å². The maximum Gasteiger partial charge on any atom is 0.269 e. The first-order valence-corrected chi connectivity index (χ1v) is 16.7. The van der Waals surface area contributed by atoms with Crippen molar-refractivity contribution in [3.8, 4) is 11.7 Å². The van der Waals surface area contributed by atoms with Crippen molar-refractivity contribution in [3.05, 3.63) is 59.2 Å². The summed E-state index contributed by atoms with van der Waals surface area (Å²) < 4.78 is 19.9. The zero-order valence-electron chi connectivity index (χ0n) is 23.8. The van der Waals surface area contributed by atoms with Gasteiger partial charge in [-0.1, -0.05) is 44.0 Å². The molecule has 0 aliphatic heterocycles. The topological polar surface area (TPSA) is 126 Å². The third kappa shape index (κ3) is 7.57. The SMILES string of the molecule is C[C@H](CO[Si](C)(C)C(C)(C)C)OC[C@H](Oc1ncnc2c1cnn2-c1ncccc1Cl)C(=O)Nc1ccc(Cl)cn1. The van der Waals surface area contributed by atoms with Crippen LogP contribution in [0.2, 0.25) is 28.2 Å². The van der Waals surface area contributed by atoms with Gasteiger partial charge in [-0.2, -0.15) is 9.78 Å². The molecule has 0 saturated carbocycles. The Hall–Kier alpha value is -3.16. The van der Waals surface area contributed by atoms with Gasteiger partial charge in [-0.15, -0.1) is 0 Å². The lowest BCUT2D eigenvalue weighted by Crippen LogP contribution is -2.43. The number of halogens is 2. The molecule has 1 amide bonds. The van der Waals surface area contributed by atoms with Crippen molar-refractivity contribution in [3.63, 3.8) is 0 Å². The highest BCUT2D eigenvalue weighted by atomic mass is 35.5. The second kappa shape index (κ2) is 12.8. The zero-order chi connectivity index (χ0) is 29.8. The third-order valence-electron chi connectivity index (χ3n) is 6.81. The van der Waals surface area contributed by atoms with Gasteiger partial charge < -0.3 is 19.2 Å². The zero-order valence-corrected chi connectivity index (χ0v) is 26.3. The van der Waals surface area contributed by atoms with Gasteiger partial charge in [0.15, 0.2) is 19.8 Å². The minimum absolute atomic E-state index is 0.0617. The molecule has 0 aliphatic carbocycles. The van der Waals surface area contributed by atoms with Gasteiger partial charge in [0.25, 0.3) is 5.91 Å². The first-order valence-electron chi connectivity index (χ1n) is 13.0. The fraction of sp³-hybridized carbons (Fsp3) is 0.407. The van der Waals surface area contributed by atoms with E-state index in [-0.39, 0.29) is 23.6 Å². The van der Waals surface area contributed by atoms with Crippen LogP contribution in [0.5, 0.6) is 5.88 Å². The first kappa shape index (κ1) is 30.8. The molecule has 2 atom stereocenters. The molecule has 0 unspecified atom stereocenters. The summed E-state index contributed by atoms with van der Waals surface area (Å²) in [5, 5.41) is 8.49. The molecule has 4 aromatic heterocycles. The van der Waals surface area contributed by atoms with Crippen LogP contribution in [0, 0.1) is 0 Å². The van der Waals surface area contributed by atoms with Gasteiger partial charge in [-0.05, 0) is 49.3 Å². The number of nitrogens with zero attached hydrogens (tertiary/aromatic N) is 6. The smallest absolute Gasteiger partial charge is 0.269 e. The molecule has 0 aromatic carbocycles. The standard InChI is InChI=1S/C27H33Cl2N7O4Si/c1-17(14-39-41(5,6)27(2,3)4)38-15-21(25(37)35-22-10-9-18(28)12-31-22)40-26-19-13-34-36(23(19)32-16-33-26)24-20(29)8-7-11-30-24/h7-13,16-17,21H,14-15H2,1-6H3,(H,31,35,37)/t17-,21+/m1/s1. The minimum Gasteiger partial charge on any atom is -0.461 e. The van der Waals surface area contributed by atoms with Crippen molar-refractivity contribution in [2.24, 2.45) is 0 Å². The number of anilines is 1. The van der Waals surface area contributed by atoms with E-state index in [0.29, 0.717) is 39.3 Å². The number of rotatable bonds is 11. The van der Waals surface area contributed by atoms with Gasteiger partial charge >= 0.3 is 0 Å². The van der Waals surface area contributed by atoms with Crippen LogP contribution in [0.15, 0.2) is 49.2 Å². The molecule has 0 aliphatic rings. The van der Waals surface area contributed by atoms with Crippen LogP contribution in [0.25, 0.3) is 16.9 Å². The second-order valence-electron chi connectivity index (χ2n) is 11.0. The van der Waals surface area contributed by atoms with E-state index in [1.165, 1.54) is 23.4 Å². The first-order chi connectivity index (χ1) is 19.4. The van der Waals surface area contributed by atoms with E-state index in [2.05, 4.69) is 64.2 Å². The molecular formula is C27H33Cl2N7O4Si. The molecule has 1 N–H and O–H groups in total.